The molecule has 39 heavy (non-hydrogen) atoms. The third kappa shape index (κ3) is 5.64. The van der Waals surface area contributed by atoms with Crippen molar-refractivity contribution in [3.05, 3.63) is 84.5 Å². The number of carbonyl (C=O) groups is 3. The van der Waals surface area contributed by atoms with Crippen molar-refractivity contribution in [3.63, 3.8) is 0 Å². The van der Waals surface area contributed by atoms with E-state index in [2.05, 4.69) is 16.0 Å². The van der Waals surface area contributed by atoms with Gasteiger partial charge < -0.3 is 45.0 Å². The Labute approximate surface area is 218 Å². The van der Waals surface area contributed by atoms with Gasteiger partial charge in [0.05, 0.1) is 23.2 Å². The monoisotopic (exact) mass is 543 g/mol. The SMILES string of the molecule is Cn1ccc(C(=O)NCC(N)(NC(=O)c2ccn(C)c(=O)c2O)NC(=O)c2ccn(C)c(=O)c2O)c(O)c1=O. The van der Waals surface area contributed by atoms with Crippen LogP contribution in [0.4, 0.5) is 0 Å². The lowest BCUT2D eigenvalue weighted by Gasteiger charge is -2.32. The summed E-state index contributed by atoms with van der Waals surface area (Å²) in [5.41, 5.74) is 2.03. The number of pyridine rings is 3. The van der Waals surface area contributed by atoms with Gasteiger partial charge in [0.2, 0.25) is 0 Å². The molecule has 16 heteroatoms. The Morgan fingerprint density at radius 1 is 0.692 bits per heavy atom. The summed E-state index contributed by atoms with van der Waals surface area (Å²) in [6, 6.07) is 3.33. The minimum absolute atomic E-state index is 0.438. The lowest BCUT2D eigenvalue weighted by Crippen LogP contribution is -2.71. The maximum Gasteiger partial charge on any atom is 0.293 e. The largest absolute Gasteiger partial charge is 0.502 e. The van der Waals surface area contributed by atoms with Gasteiger partial charge in [-0.15, -0.1) is 0 Å². The van der Waals surface area contributed by atoms with E-state index in [-0.39, 0.29) is 0 Å². The highest BCUT2D eigenvalue weighted by Gasteiger charge is 2.33. The van der Waals surface area contributed by atoms with Crippen LogP contribution in [-0.2, 0) is 21.1 Å². The third-order valence-electron chi connectivity index (χ3n) is 5.66. The Hall–Kier alpha value is -5.38. The van der Waals surface area contributed by atoms with Crippen LogP contribution in [0.15, 0.2) is 51.2 Å². The van der Waals surface area contributed by atoms with E-state index in [9.17, 15) is 44.1 Å². The average molecular weight is 543 g/mol. The van der Waals surface area contributed by atoms with E-state index in [4.69, 9.17) is 5.73 Å². The van der Waals surface area contributed by atoms with E-state index in [0.29, 0.717) is 0 Å². The molecule has 0 bridgehead atoms. The molecule has 0 saturated carbocycles. The normalized spacial score (nSPS) is 11.1. The van der Waals surface area contributed by atoms with Gasteiger partial charge in [-0.2, -0.15) is 0 Å². The Balaban J connectivity index is 1.96. The maximum atomic E-state index is 12.9. The van der Waals surface area contributed by atoms with Crippen LogP contribution in [0.1, 0.15) is 31.1 Å². The predicted molar refractivity (Wildman–Crippen MR) is 134 cm³/mol. The van der Waals surface area contributed by atoms with Gasteiger partial charge in [0, 0.05) is 39.7 Å². The maximum absolute atomic E-state index is 12.9. The molecule has 3 amide bonds. The quantitative estimate of drug-likeness (QED) is 0.150. The van der Waals surface area contributed by atoms with E-state index in [1.54, 1.807) is 0 Å². The van der Waals surface area contributed by atoms with Crippen molar-refractivity contribution in [2.45, 2.75) is 5.79 Å². The molecule has 16 nitrogen and oxygen atoms in total. The molecule has 0 atom stereocenters. The topological polar surface area (TPSA) is 240 Å². The number of rotatable bonds is 7. The van der Waals surface area contributed by atoms with Crippen molar-refractivity contribution in [1.82, 2.24) is 29.7 Å². The van der Waals surface area contributed by atoms with Crippen LogP contribution in [0, 0.1) is 0 Å². The number of aromatic hydroxyl groups is 3. The number of hydrogen-bond donors (Lipinski definition) is 7. The zero-order valence-corrected chi connectivity index (χ0v) is 20.9. The van der Waals surface area contributed by atoms with Gasteiger partial charge in [0.25, 0.3) is 34.4 Å². The lowest BCUT2D eigenvalue weighted by molar-refractivity contribution is 0.0774. The first kappa shape index (κ1) is 28.2. The first-order valence-corrected chi connectivity index (χ1v) is 11.0. The fourth-order valence-corrected chi connectivity index (χ4v) is 3.37. The van der Waals surface area contributed by atoms with Crippen molar-refractivity contribution < 1.29 is 29.7 Å². The minimum Gasteiger partial charge on any atom is -0.502 e. The Morgan fingerprint density at radius 3 is 1.33 bits per heavy atom. The zero-order valence-electron chi connectivity index (χ0n) is 20.9. The highest BCUT2D eigenvalue weighted by molar-refractivity contribution is 6.00. The summed E-state index contributed by atoms with van der Waals surface area (Å²) in [6.45, 7) is -0.783. The summed E-state index contributed by atoms with van der Waals surface area (Å²) in [4.78, 5) is 74.6. The molecule has 0 aromatic carbocycles. The smallest absolute Gasteiger partial charge is 0.293 e. The lowest BCUT2D eigenvalue weighted by atomic mass is 10.1. The molecule has 3 aromatic rings. The van der Waals surface area contributed by atoms with Gasteiger partial charge in [-0.05, 0) is 18.2 Å². The van der Waals surface area contributed by atoms with Gasteiger partial charge in [0.1, 0.15) is 0 Å². The number of aromatic nitrogens is 3. The van der Waals surface area contributed by atoms with Gasteiger partial charge >= 0.3 is 0 Å². The molecule has 0 radical (unpaired) electrons. The number of nitrogens with one attached hydrogen (secondary N) is 3. The summed E-state index contributed by atoms with van der Waals surface area (Å²) < 4.78 is 3.02. The van der Waals surface area contributed by atoms with Gasteiger partial charge in [0.15, 0.2) is 23.0 Å². The molecule has 206 valence electrons. The second-order valence-electron chi connectivity index (χ2n) is 8.54. The summed E-state index contributed by atoms with van der Waals surface area (Å²) in [5, 5.41) is 36.9. The van der Waals surface area contributed by atoms with Crippen LogP contribution < -0.4 is 38.4 Å². The summed E-state index contributed by atoms with van der Waals surface area (Å²) in [5.74, 6) is -8.41. The first-order chi connectivity index (χ1) is 18.2. The zero-order chi connectivity index (χ0) is 29.2. The van der Waals surface area contributed by atoms with Gasteiger partial charge in [-0.1, -0.05) is 0 Å². The van der Waals surface area contributed by atoms with E-state index < -0.39 is 80.7 Å². The van der Waals surface area contributed by atoms with Crippen molar-refractivity contribution in [3.8, 4) is 17.2 Å². The van der Waals surface area contributed by atoms with E-state index in [0.717, 1.165) is 31.9 Å². The average Bonchev–Trinajstić information content (AvgIpc) is 2.87. The van der Waals surface area contributed by atoms with Crippen LogP contribution in [0.3, 0.4) is 0 Å². The van der Waals surface area contributed by atoms with E-state index in [1.807, 2.05) is 0 Å². The molecule has 0 saturated heterocycles. The fraction of sp³-hybridized carbons (Fsp3) is 0.217. The van der Waals surface area contributed by atoms with Crippen LogP contribution in [-0.4, -0.2) is 59.1 Å². The number of hydrogen-bond acceptors (Lipinski definition) is 10. The molecule has 0 aliphatic carbocycles. The summed E-state index contributed by atoms with van der Waals surface area (Å²) in [6.07, 6.45) is 3.59. The predicted octanol–water partition coefficient (Wildman–Crippen LogP) is -2.90. The highest BCUT2D eigenvalue weighted by Crippen LogP contribution is 2.14. The molecule has 3 aromatic heterocycles. The van der Waals surface area contributed by atoms with Crippen LogP contribution in [0.5, 0.6) is 17.2 Å². The Morgan fingerprint density at radius 2 is 1.00 bits per heavy atom. The van der Waals surface area contributed by atoms with Crippen molar-refractivity contribution in [2.24, 2.45) is 26.9 Å². The van der Waals surface area contributed by atoms with Gasteiger partial charge in [-0.3, -0.25) is 34.5 Å². The molecule has 8 N–H and O–H groups in total. The number of nitrogens with two attached hydrogens (primary N) is 1. The van der Waals surface area contributed by atoms with E-state index >= 15 is 0 Å². The van der Waals surface area contributed by atoms with Crippen molar-refractivity contribution >= 4 is 17.7 Å². The molecule has 0 fully saturated rings. The molecule has 3 heterocycles. The molecule has 3 rings (SSSR count). The van der Waals surface area contributed by atoms with Crippen molar-refractivity contribution in [1.29, 1.82) is 0 Å². The Kier molecular flexibility index (Phi) is 7.62. The Bertz CT molecular complexity index is 1590. The second-order valence-corrected chi connectivity index (χ2v) is 8.54. The molecule has 0 aliphatic heterocycles. The fourth-order valence-electron chi connectivity index (χ4n) is 3.37. The van der Waals surface area contributed by atoms with Crippen LogP contribution in [0.25, 0.3) is 0 Å². The number of amides is 3. The molecule has 0 spiro atoms. The van der Waals surface area contributed by atoms with Gasteiger partial charge in [-0.25, -0.2) is 0 Å². The number of carbonyl (C=O) groups excluding carboxylic acids is 3. The standard InChI is InChI=1S/C23H25N7O9/c1-28-7-4-11(14(31)20(28)37)17(34)25-10-23(24,26-18(35)12-5-8-29(2)21(38)15(12)32)27-19(36)13-6-9-30(3)22(39)16(13)33/h4-9,31-33H,10,24H2,1-3H3,(H,25,34)(H,26,35)(H,27,36). The summed E-state index contributed by atoms with van der Waals surface area (Å²) in [7, 11) is 4.00. The van der Waals surface area contributed by atoms with E-state index in [1.165, 1.54) is 39.7 Å². The molecule has 0 aliphatic rings. The van der Waals surface area contributed by atoms with Crippen LogP contribution in [0.2, 0.25) is 0 Å². The minimum atomic E-state index is -2.37. The summed E-state index contributed by atoms with van der Waals surface area (Å²) >= 11 is 0. The third-order valence-corrected chi connectivity index (χ3v) is 5.66. The molecular weight excluding hydrogens is 518 g/mol. The van der Waals surface area contributed by atoms with Crippen LogP contribution >= 0.6 is 0 Å². The second kappa shape index (κ2) is 10.5. The van der Waals surface area contributed by atoms with Crippen molar-refractivity contribution in [2.75, 3.05) is 6.54 Å². The molecule has 0 unspecified atom stereocenters. The molecular formula is C23H25N7O9. The highest BCUT2D eigenvalue weighted by atomic mass is 16.3. The number of aryl methyl sites for hydroxylation is 3. The number of nitrogens with zero attached hydrogens (tertiary/aromatic N) is 3. The first-order valence-electron chi connectivity index (χ1n) is 11.0.